The summed E-state index contributed by atoms with van der Waals surface area (Å²) < 4.78 is 5.44. The molecule has 0 aromatic carbocycles. The summed E-state index contributed by atoms with van der Waals surface area (Å²) in [6.07, 6.45) is 1.28. The molecule has 0 spiro atoms. The van der Waals surface area contributed by atoms with Gasteiger partial charge < -0.3 is 10.5 Å². The number of thioether (sulfide) groups is 1. The lowest BCUT2D eigenvalue weighted by molar-refractivity contribution is 0.0519. The van der Waals surface area contributed by atoms with Crippen LogP contribution in [0, 0.1) is 6.92 Å². The first-order valence-corrected chi connectivity index (χ1v) is 6.29. The van der Waals surface area contributed by atoms with Gasteiger partial charge in [0.15, 0.2) is 5.78 Å². The molecule has 1 aliphatic heterocycles. The van der Waals surface area contributed by atoms with Crippen molar-refractivity contribution < 1.29 is 9.53 Å². The summed E-state index contributed by atoms with van der Waals surface area (Å²) >= 11 is 1.73. The Bertz CT molecular complexity index is 403. The van der Waals surface area contributed by atoms with Crippen LogP contribution < -0.4 is 5.73 Å². The molecule has 1 aromatic rings. The van der Waals surface area contributed by atoms with Gasteiger partial charge in [0.2, 0.25) is 0 Å². The van der Waals surface area contributed by atoms with Crippen LogP contribution in [0.25, 0.3) is 0 Å². The minimum Gasteiger partial charge on any atom is -0.383 e. The van der Waals surface area contributed by atoms with Crippen molar-refractivity contribution in [1.82, 2.24) is 4.98 Å². The fourth-order valence-corrected chi connectivity index (χ4v) is 2.43. The summed E-state index contributed by atoms with van der Waals surface area (Å²) in [5, 5.41) is 0. The standard InChI is InChI=1S/C11H14N2O2S/c1-7-4-8(11(12)13-5-7)10(14)9-6-16-3-2-15-9/h4-5,9H,2-3,6H2,1H3,(H2,12,13). The Morgan fingerprint density at radius 3 is 3.19 bits per heavy atom. The minimum absolute atomic E-state index is 0.0547. The van der Waals surface area contributed by atoms with Gasteiger partial charge >= 0.3 is 0 Å². The first-order valence-electron chi connectivity index (χ1n) is 5.14. The number of nitrogens with two attached hydrogens (primary N) is 1. The zero-order valence-corrected chi connectivity index (χ0v) is 9.92. The van der Waals surface area contributed by atoms with E-state index in [4.69, 9.17) is 10.5 Å². The van der Waals surface area contributed by atoms with Crippen LogP contribution in [0.2, 0.25) is 0 Å². The summed E-state index contributed by atoms with van der Waals surface area (Å²) in [7, 11) is 0. The molecule has 16 heavy (non-hydrogen) atoms. The van der Waals surface area contributed by atoms with Gasteiger partial charge in [-0.05, 0) is 18.6 Å². The first-order chi connectivity index (χ1) is 7.68. The Morgan fingerprint density at radius 2 is 2.50 bits per heavy atom. The number of nitrogen functional groups attached to an aromatic ring is 1. The predicted molar refractivity (Wildman–Crippen MR) is 64.8 cm³/mol. The number of aryl methyl sites for hydroxylation is 1. The van der Waals surface area contributed by atoms with Crippen molar-refractivity contribution in [3.05, 3.63) is 23.4 Å². The minimum atomic E-state index is -0.371. The summed E-state index contributed by atoms with van der Waals surface area (Å²) in [5.74, 6) is 1.88. The molecule has 86 valence electrons. The molecule has 5 heteroatoms. The first kappa shape index (κ1) is 11.4. The predicted octanol–water partition coefficient (Wildman–Crippen LogP) is 1.29. The molecule has 0 aliphatic carbocycles. The molecule has 0 amide bonds. The Balaban J connectivity index is 2.22. The van der Waals surface area contributed by atoms with Gasteiger partial charge in [-0.15, -0.1) is 0 Å². The molecule has 4 nitrogen and oxygen atoms in total. The van der Waals surface area contributed by atoms with E-state index in [2.05, 4.69) is 4.98 Å². The monoisotopic (exact) mass is 238 g/mol. The van der Waals surface area contributed by atoms with Crippen LogP contribution in [0.15, 0.2) is 12.3 Å². The van der Waals surface area contributed by atoms with E-state index in [1.807, 2.05) is 6.92 Å². The Labute approximate surface area is 98.6 Å². The number of ketones is 1. The third kappa shape index (κ3) is 2.36. The molecular weight excluding hydrogens is 224 g/mol. The van der Waals surface area contributed by atoms with Crippen LogP contribution in [0.5, 0.6) is 0 Å². The molecule has 1 aliphatic rings. The van der Waals surface area contributed by atoms with Crippen LogP contribution in [-0.4, -0.2) is 35.0 Å². The van der Waals surface area contributed by atoms with Crippen LogP contribution in [0.3, 0.4) is 0 Å². The SMILES string of the molecule is Cc1cnc(N)c(C(=O)C2CSCCO2)c1. The average Bonchev–Trinajstić information content (AvgIpc) is 2.32. The van der Waals surface area contributed by atoms with Crippen molar-refractivity contribution in [2.45, 2.75) is 13.0 Å². The number of aromatic nitrogens is 1. The van der Waals surface area contributed by atoms with Crippen LogP contribution in [-0.2, 0) is 4.74 Å². The number of carbonyl (C=O) groups excluding carboxylic acids is 1. The van der Waals surface area contributed by atoms with Crippen molar-refractivity contribution in [3.8, 4) is 0 Å². The molecule has 1 saturated heterocycles. The second-order valence-corrected chi connectivity index (χ2v) is 4.89. The summed E-state index contributed by atoms with van der Waals surface area (Å²) in [4.78, 5) is 16.1. The second kappa shape index (κ2) is 4.84. The number of pyridine rings is 1. The Kier molecular flexibility index (Phi) is 3.46. The number of nitrogens with zero attached hydrogens (tertiary/aromatic N) is 1. The molecule has 2 heterocycles. The highest BCUT2D eigenvalue weighted by Crippen LogP contribution is 2.19. The number of hydrogen-bond acceptors (Lipinski definition) is 5. The van der Waals surface area contributed by atoms with E-state index in [1.165, 1.54) is 0 Å². The third-order valence-electron chi connectivity index (χ3n) is 2.43. The summed E-state index contributed by atoms with van der Waals surface area (Å²) in [6.45, 7) is 2.51. The lowest BCUT2D eigenvalue weighted by Gasteiger charge is -2.21. The zero-order chi connectivity index (χ0) is 11.5. The molecule has 2 rings (SSSR count). The zero-order valence-electron chi connectivity index (χ0n) is 9.10. The summed E-state index contributed by atoms with van der Waals surface area (Å²) in [6, 6.07) is 1.77. The highest BCUT2D eigenvalue weighted by atomic mass is 32.2. The molecular formula is C11H14N2O2S. The van der Waals surface area contributed by atoms with Crippen LogP contribution in [0.4, 0.5) is 5.82 Å². The maximum absolute atomic E-state index is 12.1. The fraction of sp³-hybridized carbons (Fsp3) is 0.455. The maximum Gasteiger partial charge on any atom is 0.196 e. The smallest absolute Gasteiger partial charge is 0.196 e. The Morgan fingerprint density at radius 1 is 1.69 bits per heavy atom. The van der Waals surface area contributed by atoms with Crippen molar-refractivity contribution >= 4 is 23.4 Å². The molecule has 1 aromatic heterocycles. The number of rotatable bonds is 2. The highest BCUT2D eigenvalue weighted by Gasteiger charge is 2.25. The quantitative estimate of drug-likeness (QED) is 0.786. The van der Waals surface area contributed by atoms with E-state index in [-0.39, 0.29) is 17.7 Å². The fourth-order valence-electron chi connectivity index (χ4n) is 1.59. The van der Waals surface area contributed by atoms with Gasteiger partial charge in [-0.3, -0.25) is 4.79 Å². The molecule has 0 bridgehead atoms. The van der Waals surface area contributed by atoms with E-state index >= 15 is 0 Å². The van der Waals surface area contributed by atoms with Crippen molar-refractivity contribution in [1.29, 1.82) is 0 Å². The average molecular weight is 238 g/mol. The number of hydrogen-bond donors (Lipinski definition) is 1. The third-order valence-corrected chi connectivity index (χ3v) is 3.42. The normalized spacial score (nSPS) is 20.7. The molecule has 1 atom stereocenters. The molecule has 0 radical (unpaired) electrons. The lowest BCUT2D eigenvalue weighted by atomic mass is 10.1. The largest absolute Gasteiger partial charge is 0.383 e. The van der Waals surface area contributed by atoms with E-state index in [1.54, 1.807) is 24.0 Å². The van der Waals surface area contributed by atoms with Gasteiger partial charge in [0.05, 0.1) is 12.2 Å². The number of Topliss-reactive ketones (excluding diaryl/α,β-unsaturated/α-hetero) is 1. The molecule has 1 fully saturated rings. The van der Waals surface area contributed by atoms with Gasteiger partial charge in [-0.2, -0.15) is 11.8 Å². The topological polar surface area (TPSA) is 65.2 Å². The van der Waals surface area contributed by atoms with Crippen molar-refractivity contribution in [3.63, 3.8) is 0 Å². The van der Waals surface area contributed by atoms with Gasteiger partial charge in [-0.25, -0.2) is 4.98 Å². The number of anilines is 1. The molecule has 1 unspecified atom stereocenters. The number of ether oxygens (including phenoxy) is 1. The summed E-state index contributed by atoms with van der Waals surface area (Å²) in [5.41, 5.74) is 7.11. The Hall–Kier alpha value is -1.07. The molecule has 2 N–H and O–H groups in total. The van der Waals surface area contributed by atoms with Gasteiger partial charge in [0, 0.05) is 17.7 Å². The van der Waals surface area contributed by atoms with Crippen molar-refractivity contribution in [2.24, 2.45) is 0 Å². The van der Waals surface area contributed by atoms with Gasteiger partial charge in [0.1, 0.15) is 11.9 Å². The highest BCUT2D eigenvalue weighted by molar-refractivity contribution is 7.99. The van der Waals surface area contributed by atoms with Crippen LogP contribution >= 0.6 is 11.8 Å². The van der Waals surface area contributed by atoms with Gasteiger partial charge in [-0.1, -0.05) is 0 Å². The van der Waals surface area contributed by atoms with E-state index in [0.29, 0.717) is 17.9 Å². The van der Waals surface area contributed by atoms with E-state index in [0.717, 1.165) is 11.3 Å². The lowest BCUT2D eigenvalue weighted by Crippen LogP contribution is -2.32. The van der Waals surface area contributed by atoms with Crippen LogP contribution in [0.1, 0.15) is 15.9 Å². The van der Waals surface area contributed by atoms with Gasteiger partial charge in [0.25, 0.3) is 0 Å². The molecule has 0 saturated carbocycles. The van der Waals surface area contributed by atoms with E-state index < -0.39 is 0 Å². The maximum atomic E-state index is 12.1. The van der Waals surface area contributed by atoms with Crippen molar-refractivity contribution in [2.75, 3.05) is 23.8 Å². The van der Waals surface area contributed by atoms with E-state index in [9.17, 15) is 4.79 Å². The number of carbonyl (C=O) groups is 1. The second-order valence-electron chi connectivity index (χ2n) is 3.74.